The predicted octanol–water partition coefficient (Wildman–Crippen LogP) is 1.71. The number of aliphatic hydroxyl groups excluding tert-OH is 1. The fourth-order valence-corrected chi connectivity index (χ4v) is 1.96. The highest BCUT2D eigenvalue weighted by molar-refractivity contribution is 5.95. The Morgan fingerprint density at radius 2 is 1.81 bits per heavy atom. The van der Waals surface area contributed by atoms with E-state index in [1.807, 2.05) is 0 Å². The summed E-state index contributed by atoms with van der Waals surface area (Å²) in [6.45, 7) is 0.467. The standard InChI is InChI=1S/C14H19F2NO4/c1-9-11(20-2)6-10(7-12(9)21-3)14(19)17(4-5-18)8-13(15)16/h6-7,13,18H,4-5,8H2,1-3H3. The Morgan fingerprint density at radius 3 is 2.19 bits per heavy atom. The number of carbonyl (C=O) groups excluding carboxylic acids is 1. The number of amides is 1. The molecule has 1 aromatic rings. The number of halogens is 2. The van der Waals surface area contributed by atoms with E-state index in [0.717, 1.165) is 4.90 Å². The van der Waals surface area contributed by atoms with Gasteiger partial charge in [0.15, 0.2) is 0 Å². The Kier molecular flexibility index (Phi) is 6.36. The second kappa shape index (κ2) is 7.78. The number of hydrogen-bond donors (Lipinski definition) is 1. The fourth-order valence-electron chi connectivity index (χ4n) is 1.96. The van der Waals surface area contributed by atoms with Gasteiger partial charge in [0.25, 0.3) is 12.3 Å². The van der Waals surface area contributed by atoms with E-state index in [1.165, 1.54) is 26.4 Å². The maximum atomic E-state index is 12.5. The van der Waals surface area contributed by atoms with Crippen LogP contribution in [0.5, 0.6) is 11.5 Å². The average molecular weight is 303 g/mol. The lowest BCUT2D eigenvalue weighted by Gasteiger charge is -2.22. The number of carbonyl (C=O) groups is 1. The lowest BCUT2D eigenvalue weighted by molar-refractivity contribution is 0.0508. The molecule has 0 saturated carbocycles. The van der Waals surface area contributed by atoms with Gasteiger partial charge in [-0.05, 0) is 19.1 Å². The minimum atomic E-state index is -2.67. The van der Waals surface area contributed by atoms with Crippen molar-refractivity contribution >= 4 is 5.91 Å². The van der Waals surface area contributed by atoms with Gasteiger partial charge in [0.1, 0.15) is 11.5 Å². The lowest BCUT2D eigenvalue weighted by atomic mass is 10.1. The monoisotopic (exact) mass is 303 g/mol. The van der Waals surface area contributed by atoms with Crippen LogP contribution in [-0.2, 0) is 0 Å². The molecule has 7 heteroatoms. The van der Waals surface area contributed by atoms with Gasteiger partial charge in [-0.25, -0.2) is 8.78 Å². The molecule has 0 heterocycles. The van der Waals surface area contributed by atoms with Crippen LogP contribution in [0.25, 0.3) is 0 Å². The van der Waals surface area contributed by atoms with Gasteiger partial charge in [0, 0.05) is 17.7 Å². The molecule has 0 bridgehead atoms. The summed E-state index contributed by atoms with van der Waals surface area (Å²) >= 11 is 0. The first kappa shape index (κ1) is 17.2. The number of aliphatic hydroxyl groups is 1. The van der Waals surface area contributed by atoms with Crippen molar-refractivity contribution in [1.82, 2.24) is 4.90 Å². The minimum Gasteiger partial charge on any atom is -0.496 e. The number of ether oxygens (including phenoxy) is 2. The van der Waals surface area contributed by atoms with Crippen LogP contribution in [0.4, 0.5) is 8.78 Å². The van der Waals surface area contributed by atoms with Gasteiger partial charge in [-0.2, -0.15) is 0 Å². The molecule has 1 N–H and O–H groups in total. The smallest absolute Gasteiger partial charge is 0.255 e. The van der Waals surface area contributed by atoms with Crippen molar-refractivity contribution in [1.29, 1.82) is 0 Å². The summed E-state index contributed by atoms with van der Waals surface area (Å²) in [4.78, 5) is 13.2. The Hall–Kier alpha value is -1.89. The molecule has 1 aromatic carbocycles. The summed E-state index contributed by atoms with van der Waals surface area (Å²) in [6.07, 6.45) is -2.67. The summed E-state index contributed by atoms with van der Waals surface area (Å²) in [7, 11) is 2.89. The first-order valence-corrected chi connectivity index (χ1v) is 6.35. The van der Waals surface area contributed by atoms with Gasteiger partial charge < -0.3 is 19.5 Å². The summed E-state index contributed by atoms with van der Waals surface area (Å²) in [6, 6.07) is 2.94. The topological polar surface area (TPSA) is 59.0 Å². The van der Waals surface area contributed by atoms with Crippen LogP contribution in [0.3, 0.4) is 0 Å². The van der Waals surface area contributed by atoms with Crippen molar-refractivity contribution in [3.63, 3.8) is 0 Å². The van der Waals surface area contributed by atoms with Gasteiger partial charge in [-0.15, -0.1) is 0 Å². The summed E-state index contributed by atoms with van der Waals surface area (Å²) < 4.78 is 35.3. The highest BCUT2D eigenvalue weighted by Crippen LogP contribution is 2.30. The van der Waals surface area contributed by atoms with Crippen LogP contribution in [0.1, 0.15) is 15.9 Å². The third-order valence-corrected chi connectivity index (χ3v) is 3.01. The van der Waals surface area contributed by atoms with Crippen LogP contribution in [0, 0.1) is 6.92 Å². The first-order valence-electron chi connectivity index (χ1n) is 6.35. The van der Waals surface area contributed by atoms with E-state index in [-0.39, 0.29) is 12.1 Å². The number of hydrogen-bond acceptors (Lipinski definition) is 4. The Balaban J connectivity index is 3.14. The molecular weight excluding hydrogens is 284 g/mol. The Labute approximate surface area is 122 Å². The molecule has 5 nitrogen and oxygen atoms in total. The van der Waals surface area contributed by atoms with Crippen LogP contribution in [0.15, 0.2) is 12.1 Å². The van der Waals surface area contributed by atoms with Crippen LogP contribution in [-0.4, -0.2) is 56.3 Å². The number of rotatable bonds is 7. The third-order valence-electron chi connectivity index (χ3n) is 3.01. The minimum absolute atomic E-state index is 0.165. The number of alkyl halides is 2. The van der Waals surface area contributed by atoms with Gasteiger partial charge in [-0.1, -0.05) is 0 Å². The Morgan fingerprint density at radius 1 is 1.29 bits per heavy atom. The molecular formula is C14H19F2NO4. The number of methoxy groups -OCH3 is 2. The molecule has 0 atom stereocenters. The second-order valence-corrected chi connectivity index (χ2v) is 4.37. The molecule has 0 spiro atoms. The van der Waals surface area contributed by atoms with Crippen molar-refractivity contribution in [2.24, 2.45) is 0 Å². The summed E-state index contributed by atoms with van der Waals surface area (Å²) in [5.74, 6) is 0.248. The average Bonchev–Trinajstić information content (AvgIpc) is 2.46. The fraction of sp³-hybridized carbons (Fsp3) is 0.500. The summed E-state index contributed by atoms with van der Waals surface area (Å²) in [5.41, 5.74) is 0.877. The molecule has 0 aliphatic rings. The molecule has 1 amide bonds. The van der Waals surface area contributed by atoms with Crippen molar-refractivity contribution in [3.8, 4) is 11.5 Å². The molecule has 21 heavy (non-hydrogen) atoms. The predicted molar refractivity (Wildman–Crippen MR) is 73.3 cm³/mol. The molecule has 0 unspecified atom stereocenters. The van der Waals surface area contributed by atoms with E-state index < -0.39 is 25.5 Å². The second-order valence-electron chi connectivity index (χ2n) is 4.37. The molecule has 1 rings (SSSR count). The van der Waals surface area contributed by atoms with E-state index in [9.17, 15) is 13.6 Å². The van der Waals surface area contributed by atoms with Crippen molar-refractivity contribution < 1.29 is 28.2 Å². The largest absolute Gasteiger partial charge is 0.496 e. The molecule has 118 valence electrons. The molecule has 0 aromatic heterocycles. The molecule has 0 fully saturated rings. The van der Waals surface area contributed by atoms with E-state index in [1.54, 1.807) is 6.92 Å². The zero-order valence-electron chi connectivity index (χ0n) is 12.2. The van der Waals surface area contributed by atoms with Crippen LogP contribution in [0.2, 0.25) is 0 Å². The van der Waals surface area contributed by atoms with Gasteiger partial charge in [0.2, 0.25) is 0 Å². The van der Waals surface area contributed by atoms with E-state index >= 15 is 0 Å². The SMILES string of the molecule is COc1cc(C(=O)N(CCO)CC(F)F)cc(OC)c1C. The van der Waals surface area contributed by atoms with Crippen LogP contribution >= 0.6 is 0 Å². The first-order chi connectivity index (χ1) is 9.94. The van der Waals surface area contributed by atoms with Crippen molar-refractivity contribution in [2.45, 2.75) is 13.3 Å². The third kappa shape index (κ3) is 4.29. The zero-order valence-corrected chi connectivity index (χ0v) is 12.2. The highest BCUT2D eigenvalue weighted by Gasteiger charge is 2.21. The van der Waals surface area contributed by atoms with Gasteiger partial charge >= 0.3 is 0 Å². The van der Waals surface area contributed by atoms with E-state index in [0.29, 0.717) is 17.1 Å². The molecule has 0 radical (unpaired) electrons. The van der Waals surface area contributed by atoms with E-state index in [2.05, 4.69) is 0 Å². The van der Waals surface area contributed by atoms with E-state index in [4.69, 9.17) is 14.6 Å². The maximum Gasteiger partial charge on any atom is 0.255 e. The zero-order chi connectivity index (χ0) is 16.0. The number of nitrogens with zero attached hydrogens (tertiary/aromatic N) is 1. The van der Waals surface area contributed by atoms with Crippen molar-refractivity contribution in [3.05, 3.63) is 23.3 Å². The van der Waals surface area contributed by atoms with Crippen molar-refractivity contribution in [2.75, 3.05) is 33.9 Å². The Bertz CT molecular complexity index is 469. The normalized spacial score (nSPS) is 10.6. The maximum absolute atomic E-state index is 12.5. The van der Waals surface area contributed by atoms with Crippen LogP contribution < -0.4 is 9.47 Å². The molecule has 0 saturated heterocycles. The number of benzene rings is 1. The van der Waals surface area contributed by atoms with Gasteiger partial charge in [-0.3, -0.25) is 4.79 Å². The molecule has 0 aliphatic heterocycles. The highest BCUT2D eigenvalue weighted by atomic mass is 19.3. The summed E-state index contributed by atoms with van der Waals surface area (Å²) in [5, 5.41) is 8.90. The lowest BCUT2D eigenvalue weighted by Crippen LogP contribution is -2.37. The van der Waals surface area contributed by atoms with Gasteiger partial charge in [0.05, 0.1) is 27.4 Å². The quantitative estimate of drug-likeness (QED) is 0.833. The molecule has 0 aliphatic carbocycles.